The summed E-state index contributed by atoms with van der Waals surface area (Å²) in [6, 6.07) is 2.80. The molecule has 0 atom stereocenters. The van der Waals surface area contributed by atoms with Crippen molar-refractivity contribution in [3.05, 3.63) is 40.3 Å². The quantitative estimate of drug-likeness (QED) is 0.491. The number of fused-ring (bicyclic) bond motifs is 1. The highest BCUT2D eigenvalue weighted by Crippen LogP contribution is 2.14. The summed E-state index contributed by atoms with van der Waals surface area (Å²) in [5, 5.41) is 10.6. The first-order valence-electron chi connectivity index (χ1n) is 4.92. The number of esters is 1. The molecular weight excluding hydrogens is 306 g/mol. The summed E-state index contributed by atoms with van der Waals surface area (Å²) < 4.78 is 6.21. The Kier molecular flexibility index (Phi) is 4.38. The number of halogens is 1. The van der Waals surface area contributed by atoms with E-state index < -0.39 is 10.9 Å². The molecule has 96 valence electrons. The van der Waals surface area contributed by atoms with Gasteiger partial charge in [-0.25, -0.2) is 9.78 Å². The van der Waals surface area contributed by atoms with E-state index in [1.807, 2.05) is 0 Å². The third kappa shape index (κ3) is 2.65. The predicted molar refractivity (Wildman–Crippen MR) is 68.1 cm³/mol. The maximum Gasteiger partial charge on any atom is 0.358 e. The third-order valence-corrected chi connectivity index (χ3v) is 2.13. The Morgan fingerprint density at radius 3 is 2.83 bits per heavy atom. The highest BCUT2D eigenvalue weighted by atomic mass is 79.9. The van der Waals surface area contributed by atoms with E-state index in [0.717, 1.165) is 0 Å². The van der Waals surface area contributed by atoms with Crippen molar-refractivity contribution in [2.24, 2.45) is 0 Å². The minimum Gasteiger partial charge on any atom is -0.461 e. The highest BCUT2D eigenvalue weighted by Gasteiger charge is 2.13. The van der Waals surface area contributed by atoms with Gasteiger partial charge in [-0.1, -0.05) is 0 Å². The van der Waals surface area contributed by atoms with Crippen LogP contribution >= 0.6 is 17.0 Å². The van der Waals surface area contributed by atoms with Crippen LogP contribution in [0.2, 0.25) is 0 Å². The topological polar surface area (TPSA) is 86.7 Å². The molecule has 18 heavy (non-hydrogen) atoms. The summed E-state index contributed by atoms with van der Waals surface area (Å²) in [7, 11) is 0. The van der Waals surface area contributed by atoms with E-state index >= 15 is 0 Å². The van der Waals surface area contributed by atoms with E-state index in [9.17, 15) is 14.9 Å². The van der Waals surface area contributed by atoms with Crippen molar-refractivity contribution in [3.8, 4) is 0 Å². The minimum atomic E-state index is -0.543. The maximum atomic E-state index is 11.4. The van der Waals surface area contributed by atoms with E-state index in [1.165, 1.54) is 28.9 Å². The molecule has 0 saturated carbocycles. The second kappa shape index (κ2) is 5.58. The molecular formula is C10H10BrN3O4. The van der Waals surface area contributed by atoms with Crippen molar-refractivity contribution in [1.82, 2.24) is 9.38 Å². The lowest BCUT2D eigenvalue weighted by atomic mass is 10.4. The van der Waals surface area contributed by atoms with Crippen LogP contribution in [0.15, 0.2) is 24.5 Å². The van der Waals surface area contributed by atoms with Gasteiger partial charge in [-0.15, -0.1) is 17.0 Å². The van der Waals surface area contributed by atoms with E-state index in [4.69, 9.17) is 4.74 Å². The first-order chi connectivity index (χ1) is 8.11. The number of imidazole rings is 1. The summed E-state index contributed by atoms with van der Waals surface area (Å²) >= 11 is 0. The van der Waals surface area contributed by atoms with Gasteiger partial charge >= 0.3 is 5.97 Å². The van der Waals surface area contributed by atoms with Crippen LogP contribution in [0.4, 0.5) is 5.69 Å². The van der Waals surface area contributed by atoms with Crippen LogP contribution in [0.25, 0.3) is 5.65 Å². The number of hydrogen-bond donors (Lipinski definition) is 0. The summed E-state index contributed by atoms with van der Waals surface area (Å²) in [5.41, 5.74) is 0.524. The first kappa shape index (κ1) is 14.1. The van der Waals surface area contributed by atoms with Crippen molar-refractivity contribution in [2.75, 3.05) is 6.61 Å². The number of carbonyl (C=O) groups is 1. The zero-order chi connectivity index (χ0) is 12.4. The largest absolute Gasteiger partial charge is 0.461 e. The molecule has 2 aromatic heterocycles. The van der Waals surface area contributed by atoms with Crippen molar-refractivity contribution >= 4 is 34.3 Å². The molecule has 0 aliphatic carbocycles. The molecule has 0 saturated heterocycles. The molecule has 0 bridgehead atoms. The molecule has 8 heteroatoms. The van der Waals surface area contributed by atoms with Gasteiger partial charge < -0.3 is 4.74 Å². The molecule has 0 aliphatic rings. The fourth-order valence-electron chi connectivity index (χ4n) is 1.39. The molecule has 0 unspecified atom stereocenters. The fraction of sp³-hybridized carbons (Fsp3) is 0.200. The molecule has 2 aromatic rings. The Balaban J connectivity index is 0.00000162. The van der Waals surface area contributed by atoms with Gasteiger partial charge in [0, 0.05) is 12.3 Å². The number of carbonyl (C=O) groups excluding carboxylic acids is 1. The SMILES string of the molecule is Br.CCOC(=O)c1cn2cc([N+](=O)[O-])ccc2n1. The van der Waals surface area contributed by atoms with E-state index in [2.05, 4.69) is 4.98 Å². The molecule has 0 radical (unpaired) electrons. The first-order valence-corrected chi connectivity index (χ1v) is 4.92. The van der Waals surface area contributed by atoms with Crippen molar-refractivity contribution in [2.45, 2.75) is 6.92 Å². The number of nitrogens with zero attached hydrogens (tertiary/aromatic N) is 3. The summed E-state index contributed by atoms with van der Waals surface area (Å²) in [4.78, 5) is 25.5. The van der Waals surface area contributed by atoms with E-state index in [-0.39, 0.29) is 35.0 Å². The Morgan fingerprint density at radius 1 is 1.50 bits per heavy atom. The molecule has 0 amide bonds. The van der Waals surface area contributed by atoms with Gasteiger partial charge in [-0.3, -0.25) is 14.5 Å². The molecule has 0 spiro atoms. The van der Waals surface area contributed by atoms with Gasteiger partial charge in [-0.2, -0.15) is 0 Å². The number of pyridine rings is 1. The van der Waals surface area contributed by atoms with Gasteiger partial charge in [0.1, 0.15) is 5.65 Å². The van der Waals surface area contributed by atoms with Crippen LogP contribution in [0.3, 0.4) is 0 Å². The van der Waals surface area contributed by atoms with Crippen LogP contribution in [0.5, 0.6) is 0 Å². The Hall–Kier alpha value is -1.96. The van der Waals surface area contributed by atoms with Gasteiger partial charge in [-0.05, 0) is 13.0 Å². The minimum absolute atomic E-state index is 0. The lowest BCUT2D eigenvalue weighted by molar-refractivity contribution is -0.385. The Labute approximate surface area is 112 Å². The number of hydrogen-bond acceptors (Lipinski definition) is 5. The lowest BCUT2D eigenvalue weighted by Gasteiger charge is -1.95. The van der Waals surface area contributed by atoms with Crippen LogP contribution < -0.4 is 0 Å². The van der Waals surface area contributed by atoms with Gasteiger partial charge in [0.2, 0.25) is 0 Å². The second-order valence-corrected chi connectivity index (χ2v) is 3.26. The van der Waals surface area contributed by atoms with Gasteiger partial charge in [0.25, 0.3) is 5.69 Å². The number of rotatable bonds is 3. The van der Waals surface area contributed by atoms with Crippen LogP contribution in [0, 0.1) is 10.1 Å². The molecule has 0 aliphatic heterocycles. The lowest BCUT2D eigenvalue weighted by Crippen LogP contribution is -2.04. The predicted octanol–water partition coefficient (Wildman–Crippen LogP) is 2.00. The van der Waals surface area contributed by atoms with Gasteiger partial charge in [0.05, 0.1) is 17.7 Å². The Bertz CT molecular complexity index is 596. The standard InChI is InChI=1S/C10H9N3O4.BrH/c1-2-17-10(14)8-6-12-5-7(13(15)16)3-4-9(12)11-8;/h3-6H,2H2,1H3;1H. The Morgan fingerprint density at radius 2 is 2.22 bits per heavy atom. The third-order valence-electron chi connectivity index (χ3n) is 2.13. The maximum absolute atomic E-state index is 11.4. The summed E-state index contributed by atoms with van der Waals surface area (Å²) in [6.45, 7) is 1.95. The monoisotopic (exact) mass is 315 g/mol. The van der Waals surface area contributed by atoms with Crippen molar-refractivity contribution < 1.29 is 14.5 Å². The van der Waals surface area contributed by atoms with E-state index in [1.54, 1.807) is 6.92 Å². The second-order valence-electron chi connectivity index (χ2n) is 3.26. The number of aromatic nitrogens is 2. The highest BCUT2D eigenvalue weighted by molar-refractivity contribution is 8.93. The average Bonchev–Trinajstić information content (AvgIpc) is 2.71. The zero-order valence-electron chi connectivity index (χ0n) is 9.40. The molecule has 2 heterocycles. The molecule has 0 fully saturated rings. The molecule has 0 aromatic carbocycles. The molecule has 7 nitrogen and oxygen atoms in total. The van der Waals surface area contributed by atoms with Crippen molar-refractivity contribution in [3.63, 3.8) is 0 Å². The average molecular weight is 316 g/mol. The fourth-order valence-corrected chi connectivity index (χ4v) is 1.39. The van der Waals surface area contributed by atoms with Crippen LogP contribution in [-0.4, -0.2) is 26.9 Å². The van der Waals surface area contributed by atoms with Gasteiger partial charge in [0.15, 0.2) is 5.69 Å². The zero-order valence-corrected chi connectivity index (χ0v) is 11.1. The summed E-state index contributed by atoms with van der Waals surface area (Å²) in [5.74, 6) is -0.543. The van der Waals surface area contributed by atoms with Crippen LogP contribution in [0.1, 0.15) is 17.4 Å². The molecule has 2 rings (SSSR count). The molecule has 0 N–H and O–H groups in total. The smallest absolute Gasteiger partial charge is 0.358 e. The normalized spacial score (nSPS) is 9.83. The van der Waals surface area contributed by atoms with Crippen LogP contribution in [-0.2, 0) is 4.74 Å². The van der Waals surface area contributed by atoms with E-state index in [0.29, 0.717) is 5.65 Å². The van der Waals surface area contributed by atoms with Crippen molar-refractivity contribution in [1.29, 1.82) is 0 Å². The summed E-state index contributed by atoms with van der Waals surface area (Å²) in [6.07, 6.45) is 2.70. The number of nitro groups is 1. The number of ether oxygens (including phenoxy) is 1.